The minimum atomic E-state index is -0.579. The van der Waals surface area contributed by atoms with Crippen molar-refractivity contribution >= 4 is 23.0 Å². The summed E-state index contributed by atoms with van der Waals surface area (Å²) in [5, 5.41) is 13.2. The molecular formula is C17H13N3O2S. The van der Waals surface area contributed by atoms with Crippen molar-refractivity contribution in [3.05, 3.63) is 58.5 Å². The van der Waals surface area contributed by atoms with Crippen molar-refractivity contribution in [1.29, 1.82) is 5.26 Å². The maximum absolute atomic E-state index is 12.0. The van der Waals surface area contributed by atoms with E-state index in [1.54, 1.807) is 22.1 Å². The molecule has 114 valence electrons. The SMILES string of the molecule is COC(=O)c1c(N)c(C#N)cn1-c1cccc(-c2ccsc2)c1. The standard InChI is InChI=1S/C17H13N3O2S/c1-22-17(21)16-15(19)13(8-18)9-20(16)14-4-2-3-11(7-14)12-5-6-23-10-12/h2-7,9-10H,19H2,1H3. The first-order valence-corrected chi connectivity index (χ1v) is 7.72. The van der Waals surface area contributed by atoms with Gasteiger partial charge in [-0.15, -0.1) is 0 Å². The zero-order chi connectivity index (χ0) is 16.4. The van der Waals surface area contributed by atoms with E-state index in [1.807, 2.05) is 47.2 Å². The smallest absolute Gasteiger partial charge is 0.357 e. The van der Waals surface area contributed by atoms with Crippen molar-refractivity contribution in [3.8, 4) is 22.9 Å². The fraction of sp³-hybridized carbons (Fsp3) is 0.0588. The highest BCUT2D eigenvalue weighted by Crippen LogP contribution is 2.28. The number of nitrogen functional groups attached to an aromatic ring is 1. The van der Waals surface area contributed by atoms with Crippen LogP contribution in [0.3, 0.4) is 0 Å². The second-order valence-electron chi connectivity index (χ2n) is 4.84. The molecule has 0 saturated carbocycles. The molecule has 3 rings (SSSR count). The van der Waals surface area contributed by atoms with E-state index in [0.29, 0.717) is 0 Å². The minimum Gasteiger partial charge on any atom is -0.464 e. The Morgan fingerprint density at radius 2 is 2.17 bits per heavy atom. The molecule has 2 aromatic heterocycles. The molecule has 0 spiro atoms. The summed E-state index contributed by atoms with van der Waals surface area (Å²) in [4.78, 5) is 12.0. The van der Waals surface area contributed by atoms with Gasteiger partial charge in [-0.2, -0.15) is 16.6 Å². The molecule has 3 aromatic rings. The number of benzene rings is 1. The average Bonchev–Trinajstić information content (AvgIpc) is 3.22. The van der Waals surface area contributed by atoms with Crippen LogP contribution in [-0.2, 0) is 4.74 Å². The lowest BCUT2D eigenvalue weighted by Crippen LogP contribution is -2.11. The molecular weight excluding hydrogens is 310 g/mol. The predicted octanol–water partition coefficient (Wildman–Crippen LogP) is 3.45. The van der Waals surface area contributed by atoms with Gasteiger partial charge in [-0.3, -0.25) is 0 Å². The number of ether oxygens (including phenoxy) is 1. The van der Waals surface area contributed by atoms with Crippen LogP contribution in [0, 0.1) is 11.3 Å². The molecule has 0 bridgehead atoms. The number of aromatic nitrogens is 1. The molecule has 0 aliphatic rings. The quantitative estimate of drug-likeness (QED) is 0.749. The molecule has 0 radical (unpaired) electrons. The number of methoxy groups -OCH3 is 1. The second kappa shape index (κ2) is 5.99. The highest BCUT2D eigenvalue weighted by Gasteiger charge is 2.21. The van der Waals surface area contributed by atoms with Gasteiger partial charge in [0.1, 0.15) is 6.07 Å². The molecule has 6 heteroatoms. The first-order chi connectivity index (χ1) is 11.2. The Balaban J connectivity index is 2.18. The number of hydrogen-bond acceptors (Lipinski definition) is 5. The fourth-order valence-electron chi connectivity index (χ4n) is 2.38. The van der Waals surface area contributed by atoms with E-state index in [1.165, 1.54) is 7.11 Å². The van der Waals surface area contributed by atoms with Crippen LogP contribution >= 0.6 is 11.3 Å². The van der Waals surface area contributed by atoms with Crippen molar-refractivity contribution < 1.29 is 9.53 Å². The third-order valence-electron chi connectivity index (χ3n) is 3.52. The summed E-state index contributed by atoms with van der Waals surface area (Å²) in [5.41, 5.74) is 9.30. The maximum Gasteiger partial charge on any atom is 0.357 e. The summed E-state index contributed by atoms with van der Waals surface area (Å²) in [6, 6.07) is 11.7. The lowest BCUT2D eigenvalue weighted by atomic mass is 10.1. The Morgan fingerprint density at radius 1 is 1.35 bits per heavy atom. The number of rotatable bonds is 3. The lowest BCUT2D eigenvalue weighted by Gasteiger charge is -2.09. The van der Waals surface area contributed by atoms with Crippen LogP contribution in [0.2, 0.25) is 0 Å². The molecule has 0 saturated heterocycles. The van der Waals surface area contributed by atoms with E-state index >= 15 is 0 Å². The van der Waals surface area contributed by atoms with Crippen molar-refractivity contribution in [1.82, 2.24) is 4.57 Å². The van der Waals surface area contributed by atoms with Crippen molar-refractivity contribution in [2.45, 2.75) is 0 Å². The van der Waals surface area contributed by atoms with Crippen LogP contribution in [-0.4, -0.2) is 17.6 Å². The zero-order valence-electron chi connectivity index (χ0n) is 12.3. The molecule has 0 unspecified atom stereocenters. The van der Waals surface area contributed by atoms with Gasteiger partial charge in [0.2, 0.25) is 0 Å². The average molecular weight is 323 g/mol. The first-order valence-electron chi connectivity index (χ1n) is 6.78. The van der Waals surface area contributed by atoms with E-state index in [2.05, 4.69) is 0 Å². The van der Waals surface area contributed by atoms with Gasteiger partial charge < -0.3 is 15.0 Å². The second-order valence-corrected chi connectivity index (χ2v) is 5.62. The number of hydrogen-bond donors (Lipinski definition) is 1. The number of nitrogens with two attached hydrogens (primary N) is 1. The Bertz CT molecular complexity index is 905. The molecule has 23 heavy (non-hydrogen) atoms. The Kier molecular flexibility index (Phi) is 3.87. The summed E-state index contributed by atoms with van der Waals surface area (Å²) in [6.07, 6.45) is 1.55. The Morgan fingerprint density at radius 3 is 2.83 bits per heavy atom. The van der Waals surface area contributed by atoms with E-state index < -0.39 is 5.97 Å². The summed E-state index contributed by atoms with van der Waals surface area (Å²) >= 11 is 1.61. The highest BCUT2D eigenvalue weighted by molar-refractivity contribution is 7.08. The van der Waals surface area contributed by atoms with Crippen molar-refractivity contribution in [2.24, 2.45) is 0 Å². The van der Waals surface area contributed by atoms with Gasteiger partial charge in [0.25, 0.3) is 0 Å². The third kappa shape index (κ3) is 2.58. The van der Waals surface area contributed by atoms with Gasteiger partial charge in [0.15, 0.2) is 5.69 Å². The minimum absolute atomic E-state index is 0.125. The lowest BCUT2D eigenvalue weighted by molar-refractivity contribution is 0.0593. The summed E-state index contributed by atoms with van der Waals surface area (Å²) in [7, 11) is 1.28. The zero-order valence-corrected chi connectivity index (χ0v) is 13.1. The van der Waals surface area contributed by atoms with Crippen LogP contribution in [0.25, 0.3) is 16.8 Å². The van der Waals surface area contributed by atoms with E-state index in [4.69, 9.17) is 15.7 Å². The molecule has 1 aromatic carbocycles. The first kappa shape index (κ1) is 14.9. The maximum atomic E-state index is 12.0. The van der Waals surface area contributed by atoms with E-state index in [-0.39, 0.29) is 16.9 Å². The van der Waals surface area contributed by atoms with Crippen molar-refractivity contribution in [2.75, 3.05) is 12.8 Å². The van der Waals surface area contributed by atoms with E-state index in [9.17, 15) is 4.79 Å². The normalized spacial score (nSPS) is 10.3. The molecule has 0 aliphatic carbocycles. The predicted molar refractivity (Wildman–Crippen MR) is 89.5 cm³/mol. The van der Waals surface area contributed by atoms with Crippen LogP contribution in [0.15, 0.2) is 47.3 Å². The Hall–Kier alpha value is -3.04. The van der Waals surface area contributed by atoms with Gasteiger partial charge in [0.05, 0.1) is 18.4 Å². The van der Waals surface area contributed by atoms with Gasteiger partial charge in [0, 0.05) is 11.9 Å². The number of carbonyl (C=O) groups is 1. The van der Waals surface area contributed by atoms with Gasteiger partial charge >= 0.3 is 5.97 Å². The molecule has 2 N–H and O–H groups in total. The number of nitriles is 1. The Labute approximate surface area is 137 Å². The van der Waals surface area contributed by atoms with Gasteiger partial charge in [-0.05, 0) is 40.1 Å². The molecule has 0 atom stereocenters. The molecule has 0 aliphatic heterocycles. The van der Waals surface area contributed by atoms with Gasteiger partial charge in [-0.25, -0.2) is 4.79 Å². The number of thiophene rings is 1. The fourth-order valence-corrected chi connectivity index (χ4v) is 3.05. The van der Waals surface area contributed by atoms with Crippen LogP contribution in [0.1, 0.15) is 16.1 Å². The molecule has 2 heterocycles. The van der Waals surface area contributed by atoms with Crippen LogP contribution in [0.5, 0.6) is 0 Å². The monoisotopic (exact) mass is 323 g/mol. The number of nitrogens with zero attached hydrogens (tertiary/aromatic N) is 2. The van der Waals surface area contributed by atoms with Gasteiger partial charge in [-0.1, -0.05) is 12.1 Å². The molecule has 0 amide bonds. The van der Waals surface area contributed by atoms with Crippen LogP contribution < -0.4 is 5.73 Å². The number of carbonyl (C=O) groups excluding carboxylic acids is 1. The summed E-state index contributed by atoms with van der Waals surface area (Å²) in [6.45, 7) is 0. The highest BCUT2D eigenvalue weighted by atomic mass is 32.1. The largest absolute Gasteiger partial charge is 0.464 e. The number of anilines is 1. The third-order valence-corrected chi connectivity index (χ3v) is 4.21. The van der Waals surface area contributed by atoms with Crippen molar-refractivity contribution in [3.63, 3.8) is 0 Å². The molecule has 5 nitrogen and oxygen atoms in total. The van der Waals surface area contributed by atoms with E-state index in [0.717, 1.165) is 16.8 Å². The topological polar surface area (TPSA) is 81.0 Å². The van der Waals surface area contributed by atoms with Crippen LogP contribution in [0.4, 0.5) is 5.69 Å². The summed E-state index contributed by atoms with van der Waals surface area (Å²) in [5.74, 6) is -0.579. The number of esters is 1. The summed E-state index contributed by atoms with van der Waals surface area (Å²) < 4.78 is 6.38. The molecule has 0 fully saturated rings.